The van der Waals surface area contributed by atoms with E-state index in [9.17, 15) is 0 Å². The van der Waals surface area contributed by atoms with Crippen LogP contribution in [0.5, 0.6) is 0 Å². The van der Waals surface area contributed by atoms with E-state index in [0.29, 0.717) is 13.2 Å². The van der Waals surface area contributed by atoms with Crippen LogP contribution in [0.4, 0.5) is 0 Å². The molecule has 0 atom stereocenters. The lowest BCUT2D eigenvalue weighted by Gasteiger charge is -2.22. The van der Waals surface area contributed by atoms with Gasteiger partial charge in [-0.05, 0) is 37.8 Å². The lowest BCUT2D eigenvalue weighted by atomic mass is 10.1. The number of ether oxygens (including phenoxy) is 2. The summed E-state index contributed by atoms with van der Waals surface area (Å²) in [4.78, 5) is 5.36. The number of nitrogens with zero attached hydrogens (tertiary/aromatic N) is 4. The normalized spacial score (nSPS) is 11.4. The molecule has 6 nitrogen and oxygen atoms in total. The lowest BCUT2D eigenvalue weighted by Crippen LogP contribution is -2.30. The van der Waals surface area contributed by atoms with Crippen molar-refractivity contribution in [3.8, 4) is 0 Å². The van der Waals surface area contributed by atoms with Gasteiger partial charge in [0.15, 0.2) is 0 Å². The van der Waals surface area contributed by atoms with Crippen molar-refractivity contribution in [3.63, 3.8) is 0 Å². The first-order valence-electron chi connectivity index (χ1n) is 17.2. The van der Waals surface area contributed by atoms with Gasteiger partial charge in [-0.25, -0.2) is 0 Å². The zero-order valence-electron chi connectivity index (χ0n) is 26.5. The molecule has 0 spiro atoms. The van der Waals surface area contributed by atoms with Gasteiger partial charge in [-0.1, -0.05) is 141 Å². The summed E-state index contributed by atoms with van der Waals surface area (Å²) in [6.07, 6.45) is 30.9. The number of unbranched alkanes of at least 4 members (excludes halogenated alkanes) is 19. The lowest BCUT2D eigenvalue weighted by molar-refractivity contribution is 0.0891. The fourth-order valence-corrected chi connectivity index (χ4v) is 5.10. The van der Waals surface area contributed by atoms with Gasteiger partial charge in [-0.15, -0.1) is 0 Å². The molecule has 0 aliphatic heterocycles. The van der Waals surface area contributed by atoms with Crippen LogP contribution in [0.3, 0.4) is 0 Å². The van der Waals surface area contributed by atoms with Crippen molar-refractivity contribution in [2.24, 2.45) is 5.11 Å². The van der Waals surface area contributed by atoms with Crippen molar-refractivity contribution < 1.29 is 9.47 Å². The maximum Gasteiger partial charge on any atom is 0.0593 e. The number of azide groups is 1. The summed E-state index contributed by atoms with van der Waals surface area (Å²) in [6.45, 7) is 11.6. The molecule has 0 rings (SSSR count). The second-order valence-corrected chi connectivity index (χ2v) is 11.4. The monoisotopic (exact) mass is 553 g/mol. The first-order chi connectivity index (χ1) is 19.3. The van der Waals surface area contributed by atoms with Crippen molar-refractivity contribution in [3.05, 3.63) is 10.4 Å². The molecule has 0 fully saturated rings. The van der Waals surface area contributed by atoms with E-state index in [-0.39, 0.29) is 0 Å². The molecule has 0 aromatic rings. The minimum atomic E-state index is 0.523. The molecule has 0 amide bonds. The molecule has 0 aromatic heterocycles. The van der Waals surface area contributed by atoms with Crippen LogP contribution in [-0.4, -0.2) is 57.5 Å². The fourth-order valence-electron chi connectivity index (χ4n) is 5.10. The molecule has 0 bridgehead atoms. The fraction of sp³-hybridized carbons (Fsp3) is 1.00. The van der Waals surface area contributed by atoms with Gasteiger partial charge in [-0.2, -0.15) is 0 Å². The molecule has 232 valence electrons. The summed E-state index contributed by atoms with van der Waals surface area (Å²) in [6, 6.07) is 0. The topological polar surface area (TPSA) is 70.5 Å². The minimum absolute atomic E-state index is 0.523. The Balaban J connectivity index is 3.82. The average Bonchev–Trinajstić information content (AvgIpc) is 2.95. The van der Waals surface area contributed by atoms with Crippen LogP contribution in [0.1, 0.15) is 162 Å². The van der Waals surface area contributed by atoms with Gasteiger partial charge >= 0.3 is 0 Å². The van der Waals surface area contributed by atoms with E-state index in [1.807, 2.05) is 0 Å². The Labute approximate surface area is 244 Å². The first-order valence-corrected chi connectivity index (χ1v) is 17.2. The van der Waals surface area contributed by atoms with Crippen molar-refractivity contribution >= 4 is 0 Å². The third-order valence-corrected chi connectivity index (χ3v) is 7.65. The van der Waals surface area contributed by atoms with Gasteiger partial charge in [0.05, 0.1) is 6.61 Å². The summed E-state index contributed by atoms with van der Waals surface area (Å²) in [7, 11) is 0. The summed E-state index contributed by atoms with van der Waals surface area (Å²) < 4.78 is 11.7. The van der Waals surface area contributed by atoms with Gasteiger partial charge in [0, 0.05) is 44.4 Å². The van der Waals surface area contributed by atoms with Crippen LogP contribution in [0.15, 0.2) is 5.11 Å². The first kappa shape index (κ1) is 38.2. The molecule has 6 heteroatoms. The predicted molar refractivity (Wildman–Crippen MR) is 170 cm³/mol. The van der Waals surface area contributed by atoms with Crippen LogP contribution in [-0.2, 0) is 9.47 Å². The van der Waals surface area contributed by atoms with Gasteiger partial charge in [0.2, 0.25) is 0 Å². The maximum absolute atomic E-state index is 8.37. The largest absolute Gasteiger partial charge is 0.381 e. The Morgan fingerprint density at radius 2 is 0.872 bits per heavy atom. The van der Waals surface area contributed by atoms with Crippen LogP contribution in [0.2, 0.25) is 0 Å². The molecule has 0 aliphatic rings. The van der Waals surface area contributed by atoms with Gasteiger partial charge in [-0.3, -0.25) is 0 Å². The molecule has 0 saturated carbocycles. The van der Waals surface area contributed by atoms with E-state index in [2.05, 4.69) is 28.8 Å². The zero-order valence-corrected chi connectivity index (χ0v) is 26.5. The molecule has 39 heavy (non-hydrogen) atoms. The highest BCUT2D eigenvalue weighted by molar-refractivity contribution is 4.59. The summed E-state index contributed by atoms with van der Waals surface area (Å²) >= 11 is 0. The molecular formula is C33H68N4O2. The van der Waals surface area contributed by atoms with E-state index in [0.717, 1.165) is 52.3 Å². The standard InChI is InChI=1S/C33H68N4O2/c1-3-5-7-9-11-13-14-15-16-18-20-22-27-37(29-33-39-31-24-26-35-36-34)28-25-32-38-30-23-21-19-17-12-10-8-6-4-2/h3-33H2,1-2H3. The highest BCUT2D eigenvalue weighted by atomic mass is 16.5. The van der Waals surface area contributed by atoms with Crippen molar-refractivity contribution in [1.82, 2.24) is 4.90 Å². The summed E-state index contributed by atoms with van der Waals surface area (Å²) in [5.74, 6) is 0. The van der Waals surface area contributed by atoms with Crippen LogP contribution < -0.4 is 0 Å². The van der Waals surface area contributed by atoms with Crippen molar-refractivity contribution in [2.75, 3.05) is 52.6 Å². The molecule has 0 unspecified atom stereocenters. The number of hydrogen-bond acceptors (Lipinski definition) is 4. The Bertz CT molecular complexity index is 500. The van der Waals surface area contributed by atoms with Crippen molar-refractivity contribution in [1.29, 1.82) is 0 Å². The smallest absolute Gasteiger partial charge is 0.0593 e. The average molecular weight is 553 g/mol. The summed E-state index contributed by atoms with van der Waals surface area (Å²) in [5, 5.41) is 3.58. The Kier molecular flexibility index (Phi) is 34.5. The highest BCUT2D eigenvalue weighted by Crippen LogP contribution is 2.13. The molecule has 0 aromatic carbocycles. The van der Waals surface area contributed by atoms with E-state index in [1.165, 1.54) is 135 Å². The third-order valence-electron chi connectivity index (χ3n) is 7.65. The van der Waals surface area contributed by atoms with Gasteiger partial charge in [0.1, 0.15) is 0 Å². The molecule has 0 N–H and O–H groups in total. The van der Waals surface area contributed by atoms with E-state index < -0.39 is 0 Å². The van der Waals surface area contributed by atoms with Gasteiger partial charge < -0.3 is 14.4 Å². The molecule has 0 radical (unpaired) electrons. The highest BCUT2D eigenvalue weighted by Gasteiger charge is 2.05. The summed E-state index contributed by atoms with van der Waals surface area (Å²) in [5.41, 5.74) is 8.37. The van der Waals surface area contributed by atoms with Gasteiger partial charge in [0.25, 0.3) is 0 Å². The second-order valence-electron chi connectivity index (χ2n) is 11.4. The third kappa shape index (κ3) is 33.3. The molecular weight excluding hydrogens is 484 g/mol. The maximum atomic E-state index is 8.37. The molecule has 0 heterocycles. The quantitative estimate of drug-likeness (QED) is 0.0345. The predicted octanol–water partition coefficient (Wildman–Crippen LogP) is 10.6. The Morgan fingerprint density at radius 3 is 1.41 bits per heavy atom. The van der Waals surface area contributed by atoms with Crippen LogP contribution in [0, 0.1) is 0 Å². The minimum Gasteiger partial charge on any atom is -0.381 e. The Morgan fingerprint density at radius 1 is 0.462 bits per heavy atom. The van der Waals surface area contributed by atoms with Crippen LogP contribution >= 0.6 is 0 Å². The van der Waals surface area contributed by atoms with E-state index in [1.54, 1.807) is 0 Å². The Hall–Kier alpha value is -0.810. The second kappa shape index (κ2) is 35.2. The van der Waals surface area contributed by atoms with E-state index in [4.69, 9.17) is 15.0 Å². The molecule has 0 saturated heterocycles. The van der Waals surface area contributed by atoms with Crippen molar-refractivity contribution in [2.45, 2.75) is 162 Å². The number of hydrogen-bond donors (Lipinski definition) is 0. The molecule has 0 aliphatic carbocycles. The zero-order chi connectivity index (χ0) is 28.3. The SMILES string of the molecule is CCCCCCCCCCCCCCN(CCCOCCCCCCCCCCC)CCOCCCN=[N+]=[N-]. The van der Waals surface area contributed by atoms with E-state index >= 15 is 0 Å². The number of rotatable bonds is 34. The van der Waals surface area contributed by atoms with Crippen LogP contribution in [0.25, 0.3) is 10.4 Å².